The molecule has 3 heteroatoms. The minimum Gasteiger partial charge on any atom is -0.398 e. The van der Waals surface area contributed by atoms with Gasteiger partial charge in [-0.25, -0.2) is 0 Å². The van der Waals surface area contributed by atoms with E-state index in [1.807, 2.05) is 24.3 Å². The second kappa shape index (κ2) is 4.21. The van der Waals surface area contributed by atoms with Crippen LogP contribution in [-0.2, 0) is 0 Å². The van der Waals surface area contributed by atoms with Gasteiger partial charge in [0, 0.05) is 23.7 Å². The first-order valence-electron chi connectivity index (χ1n) is 5.39. The van der Waals surface area contributed by atoms with Crippen LogP contribution in [0.2, 0.25) is 0 Å². The number of nitrogen functional groups attached to an aromatic ring is 1. The Morgan fingerprint density at radius 3 is 2.80 bits per heavy atom. The number of benzene rings is 1. The highest BCUT2D eigenvalue weighted by Gasteiger charge is 2.28. The van der Waals surface area contributed by atoms with Gasteiger partial charge in [-0.15, -0.1) is 0 Å². The summed E-state index contributed by atoms with van der Waals surface area (Å²) >= 11 is 0. The van der Waals surface area contributed by atoms with Crippen LogP contribution in [-0.4, -0.2) is 30.1 Å². The fraction of sp³-hybridized carbons (Fsp3) is 0.500. The van der Waals surface area contributed by atoms with Crippen LogP contribution >= 0.6 is 0 Å². The van der Waals surface area contributed by atoms with Gasteiger partial charge in [-0.05, 0) is 26.1 Å². The quantitative estimate of drug-likeness (QED) is 0.716. The second-order valence-corrected chi connectivity index (χ2v) is 4.38. The molecule has 0 aliphatic carbocycles. The molecular formula is C12H18N2O. The van der Waals surface area contributed by atoms with E-state index in [2.05, 4.69) is 11.9 Å². The van der Waals surface area contributed by atoms with Crippen LogP contribution in [0.4, 0.5) is 5.69 Å². The molecule has 82 valence electrons. The van der Waals surface area contributed by atoms with Crippen LogP contribution < -0.4 is 5.73 Å². The summed E-state index contributed by atoms with van der Waals surface area (Å²) in [7, 11) is 2.08. The number of likely N-dealkylation sites (tertiary alicyclic amines) is 1. The Labute approximate surface area is 90.5 Å². The third-order valence-corrected chi connectivity index (χ3v) is 3.19. The van der Waals surface area contributed by atoms with Crippen molar-refractivity contribution in [3.8, 4) is 0 Å². The molecule has 2 rings (SSSR count). The van der Waals surface area contributed by atoms with Crippen molar-refractivity contribution in [1.82, 2.24) is 4.90 Å². The highest BCUT2D eigenvalue weighted by molar-refractivity contribution is 5.47. The van der Waals surface area contributed by atoms with E-state index in [0.717, 1.165) is 25.1 Å². The average molecular weight is 206 g/mol. The fourth-order valence-corrected chi connectivity index (χ4v) is 2.26. The molecule has 2 unspecified atom stereocenters. The molecule has 0 spiro atoms. The average Bonchev–Trinajstić information content (AvgIpc) is 2.65. The van der Waals surface area contributed by atoms with Gasteiger partial charge in [-0.3, -0.25) is 0 Å². The van der Waals surface area contributed by atoms with Crippen LogP contribution in [0.1, 0.15) is 18.1 Å². The molecule has 3 nitrogen and oxygen atoms in total. The predicted molar refractivity (Wildman–Crippen MR) is 61.4 cm³/mol. The summed E-state index contributed by atoms with van der Waals surface area (Å²) < 4.78 is 0. The third kappa shape index (κ3) is 2.13. The minimum absolute atomic E-state index is 0.319. The Hall–Kier alpha value is -1.06. The maximum atomic E-state index is 10.2. The van der Waals surface area contributed by atoms with Gasteiger partial charge in [-0.2, -0.15) is 0 Å². The van der Waals surface area contributed by atoms with Crippen molar-refractivity contribution in [1.29, 1.82) is 0 Å². The van der Waals surface area contributed by atoms with E-state index in [0.29, 0.717) is 11.6 Å². The van der Waals surface area contributed by atoms with E-state index < -0.39 is 6.10 Å². The lowest BCUT2D eigenvalue weighted by molar-refractivity contribution is 0.113. The topological polar surface area (TPSA) is 49.5 Å². The summed E-state index contributed by atoms with van der Waals surface area (Å²) in [4.78, 5) is 2.24. The smallest absolute Gasteiger partial charge is 0.0850 e. The SMILES string of the molecule is CN1CCC(C(O)c2ccccc2N)C1. The highest BCUT2D eigenvalue weighted by Crippen LogP contribution is 2.31. The van der Waals surface area contributed by atoms with Gasteiger partial charge in [0.1, 0.15) is 0 Å². The number of hydrogen-bond donors (Lipinski definition) is 2. The predicted octanol–water partition coefficient (Wildman–Crippen LogP) is 1.25. The zero-order chi connectivity index (χ0) is 10.8. The van der Waals surface area contributed by atoms with E-state index in [4.69, 9.17) is 5.73 Å². The molecule has 0 radical (unpaired) electrons. The zero-order valence-electron chi connectivity index (χ0n) is 9.06. The van der Waals surface area contributed by atoms with Crippen LogP contribution in [0.5, 0.6) is 0 Å². The summed E-state index contributed by atoms with van der Waals surface area (Å²) in [5.74, 6) is 0.319. The first kappa shape index (κ1) is 10.5. The van der Waals surface area contributed by atoms with E-state index >= 15 is 0 Å². The standard InChI is InChI=1S/C12H18N2O/c1-14-7-6-9(8-14)12(15)10-4-2-3-5-11(10)13/h2-5,9,12,15H,6-8,13H2,1H3. The molecule has 2 atom stereocenters. The molecule has 1 aliphatic heterocycles. The number of nitrogens with zero attached hydrogens (tertiary/aromatic N) is 1. The second-order valence-electron chi connectivity index (χ2n) is 4.38. The lowest BCUT2D eigenvalue weighted by Crippen LogP contribution is -2.19. The van der Waals surface area contributed by atoms with E-state index in [1.165, 1.54) is 0 Å². The Kier molecular flexibility index (Phi) is 2.93. The van der Waals surface area contributed by atoms with Crippen LogP contribution in [0, 0.1) is 5.92 Å². The van der Waals surface area contributed by atoms with Crippen LogP contribution in [0.25, 0.3) is 0 Å². The van der Waals surface area contributed by atoms with Crippen molar-refractivity contribution in [2.75, 3.05) is 25.9 Å². The first-order chi connectivity index (χ1) is 7.18. The van der Waals surface area contributed by atoms with Crippen molar-refractivity contribution in [3.05, 3.63) is 29.8 Å². The van der Waals surface area contributed by atoms with Gasteiger partial charge >= 0.3 is 0 Å². The Morgan fingerprint density at radius 2 is 2.20 bits per heavy atom. The maximum absolute atomic E-state index is 10.2. The van der Waals surface area contributed by atoms with Crippen LogP contribution in [0.15, 0.2) is 24.3 Å². The van der Waals surface area contributed by atoms with Crippen molar-refractivity contribution in [3.63, 3.8) is 0 Å². The molecule has 15 heavy (non-hydrogen) atoms. The summed E-state index contributed by atoms with van der Waals surface area (Å²) in [5.41, 5.74) is 7.42. The van der Waals surface area contributed by atoms with E-state index in [-0.39, 0.29) is 0 Å². The lowest BCUT2D eigenvalue weighted by Gasteiger charge is -2.19. The largest absolute Gasteiger partial charge is 0.398 e. The van der Waals surface area contributed by atoms with Gasteiger partial charge in [0.05, 0.1) is 6.10 Å². The first-order valence-corrected chi connectivity index (χ1v) is 5.39. The molecule has 1 heterocycles. The van der Waals surface area contributed by atoms with Crippen LogP contribution in [0.3, 0.4) is 0 Å². The number of para-hydroxylation sites is 1. The van der Waals surface area contributed by atoms with Gasteiger partial charge in [0.15, 0.2) is 0 Å². The van der Waals surface area contributed by atoms with Gasteiger partial charge in [0.25, 0.3) is 0 Å². The van der Waals surface area contributed by atoms with E-state index in [1.54, 1.807) is 0 Å². The minimum atomic E-state index is -0.420. The van der Waals surface area contributed by atoms with Crippen molar-refractivity contribution < 1.29 is 5.11 Å². The summed E-state index contributed by atoms with van der Waals surface area (Å²) in [6.07, 6.45) is 0.627. The lowest BCUT2D eigenvalue weighted by atomic mass is 9.94. The summed E-state index contributed by atoms with van der Waals surface area (Å²) in [5, 5.41) is 10.2. The molecule has 0 bridgehead atoms. The molecule has 1 aliphatic rings. The third-order valence-electron chi connectivity index (χ3n) is 3.19. The van der Waals surface area contributed by atoms with Crippen molar-refractivity contribution in [2.45, 2.75) is 12.5 Å². The summed E-state index contributed by atoms with van der Waals surface area (Å²) in [6, 6.07) is 7.58. The molecule has 1 fully saturated rings. The molecule has 0 aromatic heterocycles. The highest BCUT2D eigenvalue weighted by atomic mass is 16.3. The molecule has 1 aromatic rings. The fourth-order valence-electron chi connectivity index (χ4n) is 2.26. The zero-order valence-corrected chi connectivity index (χ0v) is 9.06. The van der Waals surface area contributed by atoms with Crippen molar-refractivity contribution >= 4 is 5.69 Å². The Bertz CT molecular complexity index is 340. The van der Waals surface area contributed by atoms with Crippen molar-refractivity contribution in [2.24, 2.45) is 5.92 Å². The normalized spacial score (nSPS) is 24.3. The molecule has 1 aromatic carbocycles. The number of aliphatic hydroxyl groups excluding tert-OH is 1. The number of rotatable bonds is 2. The number of nitrogens with two attached hydrogens (primary N) is 1. The summed E-state index contributed by atoms with van der Waals surface area (Å²) in [6.45, 7) is 2.02. The molecule has 3 N–H and O–H groups in total. The molecular weight excluding hydrogens is 188 g/mol. The number of anilines is 1. The Balaban J connectivity index is 2.14. The molecule has 0 amide bonds. The van der Waals surface area contributed by atoms with Gasteiger partial charge in [0.2, 0.25) is 0 Å². The number of aliphatic hydroxyl groups is 1. The maximum Gasteiger partial charge on any atom is 0.0850 e. The van der Waals surface area contributed by atoms with E-state index in [9.17, 15) is 5.11 Å². The van der Waals surface area contributed by atoms with Gasteiger partial charge in [-0.1, -0.05) is 18.2 Å². The van der Waals surface area contributed by atoms with Gasteiger partial charge < -0.3 is 15.7 Å². The number of hydrogen-bond acceptors (Lipinski definition) is 3. The molecule has 1 saturated heterocycles. The monoisotopic (exact) mass is 206 g/mol. The molecule has 0 saturated carbocycles. The Morgan fingerprint density at radius 1 is 1.47 bits per heavy atom.